The van der Waals surface area contributed by atoms with E-state index in [0.717, 1.165) is 6.07 Å². The summed E-state index contributed by atoms with van der Waals surface area (Å²) in [5.41, 5.74) is -0.861. The SMILES string of the molecule is CC(C)(C)C(=O)c1ccc(Br)cc1OC(F)(F)F. The third-order valence-electron chi connectivity index (χ3n) is 2.10. The van der Waals surface area contributed by atoms with E-state index in [9.17, 15) is 18.0 Å². The molecule has 1 rings (SSSR count). The topological polar surface area (TPSA) is 26.3 Å². The monoisotopic (exact) mass is 324 g/mol. The molecule has 0 saturated heterocycles. The number of halogens is 4. The van der Waals surface area contributed by atoms with Crippen molar-refractivity contribution >= 4 is 21.7 Å². The highest BCUT2D eigenvalue weighted by Crippen LogP contribution is 2.33. The third kappa shape index (κ3) is 4.01. The third-order valence-corrected chi connectivity index (χ3v) is 2.59. The second-order valence-corrected chi connectivity index (χ2v) is 5.68. The Hall–Kier alpha value is -1.04. The van der Waals surface area contributed by atoms with Crippen molar-refractivity contribution in [2.75, 3.05) is 0 Å². The van der Waals surface area contributed by atoms with Gasteiger partial charge in [0.2, 0.25) is 0 Å². The molecular weight excluding hydrogens is 313 g/mol. The summed E-state index contributed by atoms with van der Waals surface area (Å²) < 4.78 is 41.1. The van der Waals surface area contributed by atoms with Gasteiger partial charge in [0.05, 0.1) is 5.56 Å². The fourth-order valence-corrected chi connectivity index (χ4v) is 1.64. The molecule has 0 heterocycles. The first kappa shape index (κ1) is 15.0. The van der Waals surface area contributed by atoms with Crippen molar-refractivity contribution in [3.8, 4) is 5.75 Å². The average molecular weight is 325 g/mol. The fourth-order valence-electron chi connectivity index (χ4n) is 1.30. The number of alkyl halides is 3. The highest BCUT2D eigenvalue weighted by atomic mass is 79.9. The Balaban J connectivity index is 3.24. The molecule has 0 aliphatic heterocycles. The van der Waals surface area contributed by atoms with Crippen LogP contribution in [0.4, 0.5) is 13.2 Å². The summed E-state index contributed by atoms with van der Waals surface area (Å²) in [4.78, 5) is 12.0. The standard InChI is InChI=1S/C12H12BrF3O2/c1-11(2,3)10(17)8-5-4-7(13)6-9(8)18-12(14,15)16/h4-6H,1-3H3. The molecule has 0 atom stereocenters. The molecule has 1 aromatic carbocycles. The van der Waals surface area contributed by atoms with Crippen LogP contribution in [0.1, 0.15) is 31.1 Å². The van der Waals surface area contributed by atoms with Crippen LogP contribution in [0.25, 0.3) is 0 Å². The molecule has 0 unspecified atom stereocenters. The highest BCUT2D eigenvalue weighted by Gasteiger charge is 2.34. The molecule has 0 aliphatic rings. The summed E-state index contributed by atoms with van der Waals surface area (Å²) in [6.45, 7) is 4.90. The Labute approximate surface area is 111 Å². The molecule has 2 nitrogen and oxygen atoms in total. The number of carbonyl (C=O) groups excluding carboxylic acids is 1. The van der Waals surface area contributed by atoms with Crippen molar-refractivity contribution in [1.82, 2.24) is 0 Å². The Morgan fingerprint density at radius 1 is 1.22 bits per heavy atom. The fraction of sp³-hybridized carbons (Fsp3) is 0.417. The minimum atomic E-state index is -4.83. The number of carbonyl (C=O) groups is 1. The van der Waals surface area contributed by atoms with Gasteiger partial charge in [0.25, 0.3) is 0 Å². The van der Waals surface area contributed by atoms with Crippen LogP contribution in [0.15, 0.2) is 22.7 Å². The van der Waals surface area contributed by atoms with Crippen LogP contribution in [0, 0.1) is 5.41 Å². The normalized spacial score (nSPS) is 12.4. The predicted octanol–water partition coefficient (Wildman–Crippen LogP) is 4.58. The number of hydrogen-bond donors (Lipinski definition) is 0. The smallest absolute Gasteiger partial charge is 0.405 e. The first-order valence-corrected chi connectivity index (χ1v) is 5.90. The molecule has 0 aromatic heterocycles. The lowest BCUT2D eigenvalue weighted by Gasteiger charge is -2.19. The van der Waals surface area contributed by atoms with Crippen LogP contribution in [0.5, 0.6) is 5.75 Å². The lowest BCUT2D eigenvalue weighted by atomic mass is 9.86. The summed E-state index contributed by atoms with van der Waals surface area (Å²) in [6.07, 6.45) is -4.83. The molecule has 0 saturated carbocycles. The molecule has 0 amide bonds. The minimum absolute atomic E-state index is 0.0805. The molecule has 0 aliphatic carbocycles. The van der Waals surface area contributed by atoms with Gasteiger partial charge in [0.15, 0.2) is 5.78 Å². The van der Waals surface area contributed by atoms with E-state index in [4.69, 9.17) is 0 Å². The Morgan fingerprint density at radius 3 is 2.22 bits per heavy atom. The van der Waals surface area contributed by atoms with Crippen molar-refractivity contribution in [2.45, 2.75) is 27.1 Å². The summed E-state index contributed by atoms with van der Waals surface area (Å²) >= 11 is 3.04. The molecule has 1 aromatic rings. The van der Waals surface area contributed by atoms with Crippen molar-refractivity contribution in [3.63, 3.8) is 0 Å². The van der Waals surface area contributed by atoms with Gasteiger partial charge in [0.1, 0.15) is 5.75 Å². The van der Waals surface area contributed by atoms with Crippen LogP contribution >= 0.6 is 15.9 Å². The maximum Gasteiger partial charge on any atom is 0.573 e. The van der Waals surface area contributed by atoms with Crippen molar-refractivity contribution < 1.29 is 22.7 Å². The van der Waals surface area contributed by atoms with Gasteiger partial charge in [-0.25, -0.2) is 0 Å². The van der Waals surface area contributed by atoms with E-state index in [2.05, 4.69) is 20.7 Å². The molecule has 0 N–H and O–H groups in total. The molecular formula is C12H12BrF3O2. The molecule has 0 bridgehead atoms. The maximum absolute atomic E-state index is 12.3. The van der Waals surface area contributed by atoms with Gasteiger partial charge < -0.3 is 4.74 Å². The number of Topliss-reactive ketones (excluding diaryl/α,β-unsaturated/α-hetero) is 1. The minimum Gasteiger partial charge on any atom is -0.405 e. The molecule has 6 heteroatoms. The van der Waals surface area contributed by atoms with Gasteiger partial charge in [-0.15, -0.1) is 13.2 Å². The van der Waals surface area contributed by atoms with E-state index in [0.29, 0.717) is 4.47 Å². The summed E-state index contributed by atoms with van der Waals surface area (Å²) in [6, 6.07) is 3.95. The second kappa shape index (κ2) is 4.91. The summed E-state index contributed by atoms with van der Waals surface area (Å²) in [5.74, 6) is -0.897. The zero-order chi connectivity index (χ0) is 14.1. The summed E-state index contributed by atoms with van der Waals surface area (Å²) in [7, 11) is 0. The van der Waals surface area contributed by atoms with Gasteiger partial charge in [0, 0.05) is 9.89 Å². The van der Waals surface area contributed by atoms with Gasteiger partial charge in [-0.3, -0.25) is 4.79 Å². The number of rotatable bonds is 2. The van der Waals surface area contributed by atoms with E-state index in [-0.39, 0.29) is 5.56 Å². The van der Waals surface area contributed by atoms with Crippen LogP contribution < -0.4 is 4.74 Å². The Bertz CT molecular complexity index is 461. The molecule has 0 radical (unpaired) electrons. The average Bonchev–Trinajstić information content (AvgIpc) is 2.12. The number of benzene rings is 1. The maximum atomic E-state index is 12.3. The molecule has 18 heavy (non-hydrogen) atoms. The van der Waals surface area contributed by atoms with Gasteiger partial charge in [-0.2, -0.15) is 0 Å². The van der Waals surface area contributed by atoms with Crippen LogP contribution in [-0.4, -0.2) is 12.1 Å². The van der Waals surface area contributed by atoms with Crippen molar-refractivity contribution in [1.29, 1.82) is 0 Å². The van der Waals surface area contributed by atoms with Gasteiger partial charge >= 0.3 is 6.36 Å². The number of ether oxygens (including phenoxy) is 1. The first-order chi connectivity index (χ1) is 8.00. The van der Waals surface area contributed by atoms with Gasteiger partial charge in [-0.1, -0.05) is 36.7 Å². The molecule has 0 fully saturated rings. The highest BCUT2D eigenvalue weighted by molar-refractivity contribution is 9.10. The van der Waals surface area contributed by atoms with E-state index >= 15 is 0 Å². The van der Waals surface area contributed by atoms with Gasteiger partial charge in [-0.05, 0) is 18.2 Å². The quantitative estimate of drug-likeness (QED) is 0.744. The van der Waals surface area contributed by atoms with Crippen molar-refractivity contribution in [3.05, 3.63) is 28.2 Å². The lowest BCUT2D eigenvalue weighted by molar-refractivity contribution is -0.274. The zero-order valence-corrected chi connectivity index (χ0v) is 11.6. The number of hydrogen-bond acceptors (Lipinski definition) is 2. The largest absolute Gasteiger partial charge is 0.573 e. The van der Waals surface area contributed by atoms with Crippen LogP contribution in [0.3, 0.4) is 0 Å². The predicted molar refractivity (Wildman–Crippen MR) is 64.6 cm³/mol. The molecule has 0 spiro atoms. The van der Waals surface area contributed by atoms with Crippen LogP contribution in [0.2, 0.25) is 0 Å². The molecule has 100 valence electrons. The number of ketones is 1. The lowest BCUT2D eigenvalue weighted by Crippen LogP contribution is -2.24. The zero-order valence-electron chi connectivity index (χ0n) is 10.1. The summed E-state index contributed by atoms with van der Waals surface area (Å²) in [5, 5.41) is 0. The van der Waals surface area contributed by atoms with E-state index in [1.807, 2.05) is 0 Å². The van der Waals surface area contributed by atoms with E-state index in [1.54, 1.807) is 20.8 Å². The Morgan fingerprint density at radius 2 is 1.78 bits per heavy atom. The Kier molecular flexibility index (Phi) is 4.10. The van der Waals surface area contributed by atoms with Crippen LogP contribution in [-0.2, 0) is 0 Å². The van der Waals surface area contributed by atoms with E-state index in [1.165, 1.54) is 12.1 Å². The van der Waals surface area contributed by atoms with E-state index < -0.39 is 23.3 Å². The second-order valence-electron chi connectivity index (χ2n) is 4.77. The first-order valence-electron chi connectivity index (χ1n) is 5.11. The van der Waals surface area contributed by atoms with Crippen molar-refractivity contribution in [2.24, 2.45) is 5.41 Å².